The van der Waals surface area contributed by atoms with E-state index >= 15 is 0 Å². The number of aryl methyl sites for hydroxylation is 1. The lowest BCUT2D eigenvalue weighted by molar-refractivity contribution is 1.07. The van der Waals surface area contributed by atoms with Gasteiger partial charge in [-0.2, -0.15) is 0 Å². The molecule has 1 aromatic carbocycles. The number of thioether (sulfide) groups is 1. The predicted molar refractivity (Wildman–Crippen MR) is 60.3 cm³/mol. The van der Waals surface area contributed by atoms with Crippen molar-refractivity contribution in [2.75, 3.05) is 6.26 Å². The zero-order chi connectivity index (χ0) is 8.27. The van der Waals surface area contributed by atoms with Crippen LogP contribution in [-0.2, 0) is 6.42 Å². The van der Waals surface area contributed by atoms with Crippen LogP contribution in [0.2, 0.25) is 0 Å². The molecule has 0 nitrogen and oxygen atoms in total. The van der Waals surface area contributed by atoms with E-state index in [2.05, 4.69) is 54.0 Å². The quantitative estimate of drug-likeness (QED) is 0.588. The van der Waals surface area contributed by atoms with Gasteiger partial charge in [0.1, 0.15) is 0 Å². The fraction of sp³-hybridized carbons (Fsp3) is 0.333. The minimum absolute atomic E-state index is 1.13. The zero-order valence-electron chi connectivity index (χ0n) is 6.73. The van der Waals surface area contributed by atoms with Gasteiger partial charge in [-0.3, -0.25) is 0 Å². The minimum atomic E-state index is 1.13. The van der Waals surface area contributed by atoms with Crippen molar-refractivity contribution >= 4 is 34.4 Å². The molecule has 60 valence electrons. The number of benzene rings is 1. The summed E-state index contributed by atoms with van der Waals surface area (Å²) in [5.41, 5.74) is 1.46. The molecule has 0 aliphatic heterocycles. The van der Waals surface area contributed by atoms with Crippen LogP contribution in [0, 0.1) is 3.57 Å². The molecule has 2 heteroatoms. The highest BCUT2D eigenvalue weighted by Crippen LogP contribution is 2.26. The summed E-state index contributed by atoms with van der Waals surface area (Å²) in [7, 11) is 0. The Labute approximate surface area is 85.9 Å². The summed E-state index contributed by atoms with van der Waals surface area (Å²) in [6, 6.07) is 6.49. The average Bonchev–Trinajstić information content (AvgIpc) is 2.04. The number of rotatable bonds is 2. The SMILES string of the molecule is CCc1cccc(I)c1SC. The van der Waals surface area contributed by atoms with Gasteiger partial charge in [0.2, 0.25) is 0 Å². The van der Waals surface area contributed by atoms with Crippen LogP contribution in [0.5, 0.6) is 0 Å². The third-order valence-electron chi connectivity index (χ3n) is 1.63. The van der Waals surface area contributed by atoms with Crippen molar-refractivity contribution in [3.63, 3.8) is 0 Å². The third-order valence-corrected chi connectivity index (χ3v) is 3.79. The minimum Gasteiger partial charge on any atom is -0.128 e. The standard InChI is InChI=1S/C9H11IS/c1-3-7-5-4-6-8(10)9(7)11-2/h4-6H,3H2,1-2H3. The van der Waals surface area contributed by atoms with Gasteiger partial charge in [-0.1, -0.05) is 19.1 Å². The van der Waals surface area contributed by atoms with Crippen molar-refractivity contribution in [2.24, 2.45) is 0 Å². The molecule has 11 heavy (non-hydrogen) atoms. The topological polar surface area (TPSA) is 0 Å². The number of hydrogen-bond donors (Lipinski definition) is 0. The first kappa shape index (κ1) is 9.39. The lowest BCUT2D eigenvalue weighted by Crippen LogP contribution is -1.87. The molecule has 0 radical (unpaired) electrons. The van der Waals surface area contributed by atoms with Crippen LogP contribution >= 0.6 is 34.4 Å². The van der Waals surface area contributed by atoms with Crippen LogP contribution in [0.15, 0.2) is 23.1 Å². The van der Waals surface area contributed by atoms with E-state index in [1.807, 2.05) is 11.8 Å². The molecule has 0 saturated heterocycles. The van der Waals surface area contributed by atoms with Crippen molar-refractivity contribution in [1.29, 1.82) is 0 Å². The maximum absolute atomic E-state index is 2.39. The second kappa shape index (κ2) is 4.36. The molecule has 0 spiro atoms. The van der Waals surface area contributed by atoms with E-state index in [1.54, 1.807) is 0 Å². The Bertz CT molecular complexity index is 245. The Kier molecular flexibility index (Phi) is 3.72. The summed E-state index contributed by atoms with van der Waals surface area (Å²) < 4.78 is 1.37. The van der Waals surface area contributed by atoms with Crippen LogP contribution < -0.4 is 0 Å². The van der Waals surface area contributed by atoms with Gasteiger partial charge in [-0.05, 0) is 46.9 Å². The highest BCUT2D eigenvalue weighted by molar-refractivity contribution is 14.1. The zero-order valence-corrected chi connectivity index (χ0v) is 9.70. The van der Waals surface area contributed by atoms with E-state index < -0.39 is 0 Å². The smallest absolute Gasteiger partial charge is 0.0268 e. The highest BCUT2D eigenvalue weighted by Gasteiger charge is 2.01. The summed E-state index contributed by atoms with van der Waals surface area (Å²) in [5, 5.41) is 0. The Hall–Kier alpha value is 0.300. The molecule has 0 aromatic heterocycles. The van der Waals surface area contributed by atoms with Crippen LogP contribution in [0.3, 0.4) is 0 Å². The van der Waals surface area contributed by atoms with Crippen LogP contribution in [0.1, 0.15) is 12.5 Å². The summed E-state index contributed by atoms with van der Waals surface area (Å²) in [6.45, 7) is 2.20. The Balaban J connectivity index is 3.13. The van der Waals surface area contributed by atoms with Crippen molar-refractivity contribution in [1.82, 2.24) is 0 Å². The summed E-state index contributed by atoms with van der Waals surface area (Å²) in [6.07, 6.45) is 3.27. The van der Waals surface area contributed by atoms with E-state index in [-0.39, 0.29) is 0 Å². The number of halogens is 1. The predicted octanol–water partition coefficient (Wildman–Crippen LogP) is 3.58. The lowest BCUT2D eigenvalue weighted by atomic mass is 10.2. The molecule has 0 saturated carbocycles. The third kappa shape index (κ3) is 2.12. The molecule has 0 aliphatic rings. The summed E-state index contributed by atoms with van der Waals surface area (Å²) in [5.74, 6) is 0. The lowest BCUT2D eigenvalue weighted by Gasteiger charge is -2.05. The molecule has 0 fully saturated rings. The van der Waals surface area contributed by atoms with Gasteiger partial charge < -0.3 is 0 Å². The first-order valence-corrected chi connectivity index (χ1v) is 5.91. The Morgan fingerprint density at radius 3 is 2.64 bits per heavy atom. The van der Waals surface area contributed by atoms with Gasteiger partial charge in [0.25, 0.3) is 0 Å². The molecule has 0 atom stereocenters. The van der Waals surface area contributed by atoms with E-state index in [9.17, 15) is 0 Å². The Morgan fingerprint density at radius 2 is 2.18 bits per heavy atom. The monoisotopic (exact) mass is 278 g/mol. The van der Waals surface area contributed by atoms with Gasteiger partial charge in [0.05, 0.1) is 0 Å². The van der Waals surface area contributed by atoms with Crippen molar-refractivity contribution < 1.29 is 0 Å². The fourth-order valence-corrected chi connectivity index (χ4v) is 3.01. The first-order valence-electron chi connectivity index (χ1n) is 3.61. The van der Waals surface area contributed by atoms with E-state index in [1.165, 1.54) is 14.0 Å². The van der Waals surface area contributed by atoms with Gasteiger partial charge in [-0.25, -0.2) is 0 Å². The summed E-state index contributed by atoms with van der Waals surface area (Å²) >= 11 is 4.23. The van der Waals surface area contributed by atoms with Crippen molar-refractivity contribution in [3.8, 4) is 0 Å². The van der Waals surface area contributed by atoms with E-state index in [0.717, 1.165) is 6.42 Å². The molecular formula is C9H11IS. The maximum Gasteiger partial charge on any atom is 0.0268 e. The van der Waals surface area contributed by atoms with E-state index in [0.29, 0.717) is 0 Å². The van der Waals surface area contributed by atoms with Gasteiger partial charge in [0.15, 0.2) is 0 Å². The van der Waals surface area contributed by atoms with Crippen LogP contribution in [0.25, 0.3) is 0 Å². The first-order chi connectivity index (χ1) is 5.29. The normalized spacial score (nSPS) is 10.1. The number of hydrogen-bond acceptors (Lipinski definition) is 1. The second-order valence-corrected chi connectivity index (χ2v) is 4.26. The fourth-order valence-electron chi connectivity index (χ4n) is 1.06. The molecule has 0 aliphatic carbocycles. The molecular weight excluding hydrogens is 267 g/mol. The molecule has 0 heterocycles. The molecule has 0 unspecified atom stereocenters. The molecule has 1 aromatic rings. The van der Waals surface area contributed by atoms with Crippen molar-refractivity contribution in [2.45, 2.75) is 18.2 Å². The van der Waals surface area contributed by atoms with E-state index in [4.69, 9.17) is 0 Å². The Morgan fingerprint density at radius 1 is 1.45 bits per heavy atom. The molecule has 0 amide bonds. The summed E-state index contributed by atoms with van der Waals surface area (Å²) in [4.78, 5) is 1.44. The maximum atomic E-state index is 2.39. The molecule has 0 N–H and O–H groups in total. The van der Waals surface area contributed by atoms with Gasteiger partial charge in [-0.15, -0.1) is 11.8 Å². The molecule has 0 bridgehead atoms. The second-order valence-electron chi connectivity index (χ2n) is 2.29. The van der Waals surface area contributed by atoms with Crippen LogP contribution in [-0.4, -0.2) is 6.26 Å². The average molecular weight is 278 g/mol. The van der Waals surface area contributed by atoms with Crippen LogP contribution in [0.4, 0.5) is 0 Å². The van der Waals surface area contributed by atoms with Gasteiger partial charge in [0, 0.05) is 8.47 Å². The highest BCUT2D eigenvalue weighted by atomic mass is 127. The van der Waals surface area contributed by atoms with Crippen molar-refractivity contribution in [3.05, 3.63) is 27.3 Å². The molecule has 1 rings (SSSR count). The van der Waals surface area contributed by atoms with Gasteiger partial charge >= 0.3 is 0 Å². The largest absolute Gasteiger partial charge is 0.128 e.